The van der Waals surface area contributed by atoms with E-state index in [4.69, 9.17) is 0 Å². The van der Waals surface area contributed by atoms with Crippen molar-refractivity contribution in [2.24, 2.45) is 0 Å². The lowest BCUT2D eigenvalue weighted by molar-refractivity contribution is 0.0913. The van der Waals surface area contributed by atoms with Gasteiger partial charge in [0.15, 0.2) is 5.78 Å². The lowest BCUT2D eigenvalue weighted by atomic mass is 10.1. The molecule has 19 heavy (non-hydrogen) atoms. The number of carbonyl (C=O) groups excluding carboxylic acids is 1. The van der Waals surface area contributed by atoms with Crippen LogP contribution in [0.2, 0.25) is 0 Å². The van der Waals surface area contributed by atoms with Crippen molar-refractivity contribution in [3.8, 4) is 0 Å². The molecule has 4 heteroatoms. The van der Waals surface area contributed by atoms with Gasteiger partial charge in [-0.05, 0) is 13.0 Å². The van der Waals surface area contributed by atoms with Gasteiger partial charge in [0.05, 0.1) is 6.54 Å². The lowest BCUT2D eigenvalue weighted by Gasteiger charge is -2.32. The molecule has 1 aliphatic rings. The molecule has 1 N–H and O–H groups in total. The maximum Gasteiger partial charge on any atom is 0.178 e. The molecule has 0 saturated carbocycles. The second kappa shape index (κ2) is 5.39. The molecule has 1 saturated heterocycles. The third-order valence-corrected chi connectivity index (χ3v) is 4.93. The van der Waals surface area contributed by atoms with Crippen molar-refractivity contribution in [3.63, 3.8) is 0 Å². The van der Waals surface area contributed by atoms with Gasteiger partial charge in [-0.3, -0.25) is 9.69 Å². The van der Waals surface area contributed by atoms with Gasteiger partial charge in [0.2, 0.25) is 0 Å². The Labute approximate surface area is 117 Å². The zero-order valence-electron chi connectivity index (χ0n) is 11.1. The molecule has 0 radical (unpaired) electrons. The van der Waals surface area contributed by atoms with Crippen LogP contribution in [0.15, 0.2) is 30.5 Å². The number of thioether (sulfide) groups is 1. The van der Waals surface area contributed by atoms with Crippen LogP contribution >= 0.6 is 11.8 Å². The van der Waals surface area contributed by atoms with Crippen molar-refractivity contribution < 1.29 is 4.79 Å². The number of rotatable bonds is 3. The van der Waals surface area contributed by atoms with E-state index in [-0.39, 0.29) is 5.78 Å². The van der Waals surface area contributed by atoms with Crippen LogP contribution in [0.1, 0.15) is 17.3 Å². The van der Waals surface area contributed by atoms with Crippen molar-refractivity contribution >= 4 is 28.4 Å². The van der Waals surface area contributed by atoms with Crippen LogP contribution in [0, 0.1) is 0 Å². The summed E-state index contributed by atoms with van der Waals surface area (Å²) >= 11 is 1.97. The van der Waals surface area contributed by atoms with E-state index >= 15 is 0 Å². The van der Waals surface area contributed by atoms with E-state index in [1.54, 1.807) is 0 Å². The topological polar surface area (TPSA) is 36.1 Å². The van der Waals surface area contributed by atoms with Crippen molar-refractivity contribution in [1.82, 2.24) is 9.88 Å². The Morgan fingerprint density at radius 3 is 3.16 bits per heavy atom. The fourth-order valence-electron chi connectivity index (χ4n) is 2.57. The summed E-state index contributed by atoms with van der Waals surface area (Å²) in [5, 5.41) is 1.03. The number of H-pyrrole nitrogens is 1. The number of aromatic amines is 1. The second-order valence-corrected chi connectivity index (χ2v) is 6.22. The van der Waals surface area contributed by atoms with Gasteiger partial charge in [-0.15, -0.1) is 0 Å². The van der Waals surface area contributed by atoms with E-state index < -0.39 is 0 Å². The molecule has 1 aromatic carbocycles. The summed E-state index contributed by atoms with van der Waals surface area (Å²) in [5.41, 5.74) is 1.86. The van der Waals surface area contributed by atoms with Crippen LogP contribution in [0.3, 0.4) is 0 Å². The number of para-hydroxylation sites is 1. The fourth-order valence-corrected chi connectivity index (χ4v) is 3.65. The molecule has 100 valence electrons. The van der Waals surface area contributed by atoms with Crippen LogP contribution in [-0.2, 0) is 0 Å². The Bertz CT molecular complexity index is 593. The standard InChI is InChI=1S/C15H18N2OS/c1-11-10-19-7-6-17(11)9-15(18)13-8-16-14-5-3-2-4-12(13)14/h2-5,8,11,16H,6-7,9-10H2,1H3. The number of fused-ring (bicyclic) bond motifs is 1. The Hall–Kier alpha value is -1.26. The highest BCUT2D eigenvalue weighted by atomic mass is 32.2. The molecule has 3 rings (SSSR count). The van der Waals surface area contributed by atoms with Gasteiger partial charge < -0.3 is 4.98 Å². The molecule has 1 aromatic heterocycles. The first-order chi connectivity index (χ1) is 9.25. The van der Waals surface area contributed by atoms with Crippen molar-refractivity contribution in [1.29, 1.82) is 0 Å². The number of aromatic nitrogens is 1. The molecule has 1 atom stereocenters. The normalized spacial score (nSPS) is 20.8. The second-order valence-electron chi connectivity index (χ2n) is 5.07. The third-order valence-electron chi connectivity index (χ3n) is 3.74. The number of carbonyl (C=O) groups is 1. The van der Waals surface area contributed by atoms with E-state index in [0.29, 0.717) is 12.6 Å². The molecule has 1 unspecified atom stereocenters. The molecule has 0 amide bonds. The number of hydrogen-bond acceptors (Lipinski definition) is 3. The summed E-state index contributed by atoms with van der Waals surface area (Å²) in [6.45, 7) is 3.75. The van der Waals surface area contributed by atoms with Gasteiger partial charge in [-0.2, -0.15) is 11.8 Å². The fraction of sp³-hybridized carbons (Fsp3) is 0.400. The largest absolute Gasteiger partial charge is 0.360 e. The van der Waals surface area contributed by atoms with Gasteiger partial charge in [0.25, 0.3) is 0 Å². The van der Waals surface area contributed by atoms with E-state index in [9.17, 15) is 4.79 Å². The number of nitrogens with one attached hydrogen (secondary N) is 1. The molecule has 2 aromatic rings. The van der Waals surface area contributed by atoms with Crippen LogP contribution in [0.4, 0.5) is 0 Å². The SMILES string of the molecule is CC1CSCCN1CC(=O)c1c[nH]c2ccccc12. The number of ketones is 1. The molecular formula is C15H18N2OS. The molecular weight excluding hydrogens is 256 g/mol. The zero-order valence-corrected chi connectivity index (χ0v) is 11.9. The average molecular weight is 274 g/mol. The first-order valence-electron chi connectivity index (χ1n) is 6.67. The van der Waals surface area contributed by atoms with Gasteiger partial charge in [0, 0.05) is 46.8 Å². The molecule has 2 heterocycles. The van der Waals surface area contributed by atoms with Crippen molar-refractivity contribution in [2.75, 3.05) is 24.6 Å². The highest BCUT2D eigenvalue weighted by molar-refractivity contribution is 7.99. The highest BCUT2D eigenvalue weighted by Crippen LogP contribution is 2.20. The summed E-state index contributed by atoms with van der Waals surface area (Å²) < 4.78 is 0. The monoisotopic (exact) mass is 274 g/mol. The van der Waals surface area contributed by atoms with Gasteiger partial charge in [-0.1, -0.05) is 18.2 Å². The Balaban J connectivity index is 1.80. The minimum atomic E-state index is 0.219. The maximum atomic E-state index is 12.5. The minimum Gasteiger partial charge on any atom is -0.360 e. The third kappa shape index (κ3) is 2.55. The smallest absolute Gasteiger partial charge is 0.178 e. The van der Waals surface area contributed by atoms with E-state index in [1.165, 1.54) is 0 Å². The van der Waals surface area contributed by atoms with Gasteiger partial charge in [-0.25, -0.2) is 0 Å². The summed E-state index contributed by atoms with van der Waals surface area (Å²) in [6.07, 6.45) is 1.84. The molecule has 1 fully saturated rings. The average Bonchev–Trinajstić information content (AvgIpc) is 2.85. The Kier molecular flexibility index (Phi) is 3.62. The van der Waals surface area contributed by atoms with Crippen molar-refractivity contribution in [3.05, 3.63) is 36.0 Å². The van der Waals surface area contributed by atoms with Gasteiger partial charge >= 0.3 is 0 Å². The van der Waals surface area contributed by atoms with E-state index in [2.05, 4.69) is 16.8 Å². The van der Waals surface area contributed by atoms with Crippen LogP contribution in [0.5, 0.6) is 0 Å². The Morgan fingerprint density at radius 1 is 1.47 bits per heavy atom. The first kappa shape index (κ1) is 12.8. The quantitative estimate of drug-likeness (QED) is 0.874. The Morgan fingerprint density at radius 2 is 2.32 bits per heavy atom. The maximum absolute atomic E-state index is 12.5. The summed E-state index contributed by atoms with van der Waals surface area (Å²) in [5.74, 6) is 2.48. The summed E-state index contributed by atoms with van der Waals surface area (Å²) in [6, 6.07) is 8.47. The van der Waals surface area contributed by atoms with Crippen LogP contribution < -0.4 is 0 Å². The summed E-state index contributed by atoms with van der Waals surface area (Å²) in [7, 11) is 0. The van der Waals surface area contributed by atoms with E-state index in [0.717, 1.165) is 34.5 Å². The van der Waals surface area contributed by atoms with Crippen LogP contribution in [-0.4, -0.2) is 46.3 Å². The molecule has 0 bridgehead atoms. The zero-order chi connectivity index (χ0) is 13.2. The molecule has 0 aliphatic carbocycles. The first-order valence-corrected chi connectivity index (χ1v) is 7.82. The highest BCUT2D eigenvalue weighted by Gasteiger charge is 2.22. The molecule has 1 aliphatic heterocycles. The summed E-state index contributed by atoms with van der Waals surface area (Å²) in [4.78, 5) is 17.9. The number of benzene rings is 1. The number of hydrogen-bond donors (Lipinski definition) is 1. The number of nitrogens with zero attached hydrogens (tertiary/aromatic N) is 1. The molecule has 3 nitrogen and oxygen atoms in total. The molecule has 0 spiro atoms. The lowest BCUT2D eigenvalue weighted by Crippen LogP contribution is -2.43. The van der Waals surface area contributed by atoms with Gasteiger partial charge in [0.1, 0.15) is 0 Å². The predicted molar refractivity (Wildman–Crippen MR) is 81.0 cm³/mol. The minimum absolute atomic E-state index is 0.219. The predicted octanol–water partition coefficient (Wildman–Crippen LogP) is 2.79. The number of Topliss-reactive ketones (excluding diaryl/α,β-unsaturated/α-hetero) is 1. The van der Waals surface area contributed by atoms with Crippen molar-refractivity contribution in [2.45, 2.75) is 13.0 Å². The van der Waals surface area contributed by atoms with Crippen LogP contribution in [0.25, 0.3) is 10.9 Å². The van der Waals surface area contributed by atoms with E-state index in [1.807, 2.05) is 42.2 Å².